The molecule has 0 aliphatic carbocycles. The maximum atomic E-state index is 12.3. The smallest absolute Gasteiger partial charge is 0.341 e. The number of aryl methyl sites for hydroxylation is 1. The molecule has 3 aromatic heterocycles. The van der Waals surface area contributed by atoms with Crippen molar-refractivity contribution in [2.75, 3.05) is 6.26 Å². The number of esters is 1. The largest absolute Gasteiger partial charge is 0.452 e. The Hall–Kier alpha value is -3.46. The Bertz CT molecular complexity index is 1140. The zero-order valence-electron chi connectivity index (χ0n) is 15.7. The van der Waals surface area contributed by atoms with Crippen molar-refractivity contribution < 1.29 is 18.5 Å². The van der Waals surface area contributed by atoms with Crippen LogP contribution in [0.1, 0.15) is 22.0 Å². The molecule has 1 aromatic carbocycles. The second-order valence-corrected chi connectivity index (χ2v) is 6.76. The SMILES string of the molecule is CSc1ncccc1C(=O)OCc1nnc(-c2c(-c3ccccc3)noc2C)o1. The number of thioether (sulfide) groups is 1. The van der Waals surface area contributed by atoms with E-state index in [9.17, 15) is 4.79 Å². The highest BCUT2D eigenvalue weighted by molar-refractivity contribution is 7.98. The highest BCUT2D eigenvalue weighted by Crippen LogP contribution is 2.33. The Morgan fingerprint density at radius 3 is 2.76 bits per heavy atom. The fraction of sp³-hybridized carbons (Fsp3) is 0.150. The lowest BCUT2D eigenvalue weighted by molar-refractivity contribution is 0.0433. The first-order chi connectivity index (χ1) is 14.2. The second kappa shape index (κ2) is 8.27. The number of nitrogens with zero attached hydrogens (tertiary/aromatic N) is 4. The van der Waals surface area contributed by atoms with Crippen molar-refractivity contribution >= 4 is 17.7 Å². The van der Waals surface area contributed by atoms with Crippen molar-refractivity contribution in [2.24, 2.45) is 0 Å². The minimum atomic E-state index is -0.506. The van der Waals surface area contributed by atoms with E-state index in [2.05, 4.69) is 20.3 Å². The quantitative estimate of drug-likeness (QED) is 0.343. The first-order valence-corrected chi connectivity index (χ1v) is 9.90. The van der Waals surface area contributed by atoms with Gasteiger partial charge in [0, 0.05) is 11.8 Å². The van der Waals surface area contributed by atoms with Gasteiger partial charge in [-0.15, -0.1) is 22.0 Å². The molecule has 0 radical (unpaired) electrons. The topological polar surface area (TPSA) is 104 Å². The summed E-state index contributed by atoms with van der Waals surface area (Å²) in [7, 11) is 0. The molecule has 0 aliphatic heterocycles. The van der Waals surface area contributed by atoms with Gasteiger partial charge >= 0.3 is 5.97 Å². The first-order valence-electron chi connectivity index (χ1n) is 8.68. The monoisotopic (exact) mass is 408 g/mol. The lowest BCUT2D eigenvalue weighted by Crippen LogP contribution is -2.07. The van der Waals surface area contributed by atoms with Crippen molar-refractivity contribution in [1.82, 2.24) is 20.3 Å². The van der Waals surface area contributed by atoms with Gasteiger partial charge in [0.15, 0.2) is 6.61 Å². The van der Waals surface area contributed by atoms with Gasteiger partial charge in [-0.05, 0) is 25.3 Å². The first kappa shape index (κ1) is 18.9. The third kappa shape index (κ3) is 3.90. The molecule has 0 N–H and O–H groups in total. The van der Waals surface area contributed by atoms with E-state index in [-0.39, 0.29) is 18.4 Å². The van der Waals surface area contributed by atoms with Crippen molar-refractivity contribution in [1.29, 1.82) is 0 Å². The van der Waals surface area contributed by atoms with Crippen molar-refractivity contribution in [3.63, 3.8) is 0 Å². The molecule has 0 unspecified atom stereocenters. The summed E-state index contributed by atoms with van der Waals surface area (Å²) in [6.45, 7) is 1.62. The molecule has 0 amide bonds. The molecule has 0 spiro atoms. The van der Waals surface area contributed by atoms with Gasteiger partial charge in [0.1, 0.15) is 22.0 Å². The van der Waals surface area contributed by atoms with E-state index in [4.69, 9.17) is 13.7 Å². The Balaban J connectivity index is 1.53. The molecule has 0 saturated heterocycles. The maximum absolute atomic E-state index is 12.3. The summed E-state index contributed by atoms with van der Waals surface area (Å²) in [6.07, 6.45) is 3.47. The number of carbonyl (C=O) groups excluding carboxylic acids is 1. The highest BCUT2D eigenvalue weighted by atomic mass is 32.2. The van der Waals surface area contributed by atoms with E-state index in [0.29, 0.717) is 27.6 Å². The number of hydrogen-bond donors (Lipinski definition) is 0. The van der Waals surface area contributed by atoms with Crippen LogP contribution in [0.5, 0.6) is 0 Å². The molecular formula is C20H16N4O4S. The number of aromatic nitrogens is 4. The third-order valence-electron chi connectivity index (χ3n) is 4.10. The number of carbonyl (C=O) groups is 1. The van der Waals surface area contributed by atoms with Crippen LogP contribution in [0, 0.1) is 6.92 Å². The number of pyridine rings is 1. The van der Waals surface area contributed by atoms with E-state index in [1.54, 1.807) is 25.3 Å². The summed E-state index contributed by atoms with van der Waals surface area (Å²) in [6, 6.07) is 12.9. The standard InChI is InChI=1S/C20H16N4O4S/c1-12-16(17(24-28-12)13-7-4-3-5-8-13)18-23-22-15(27-18)11-26-20(25)14-9-6-10-21-19(14)29-2/h3-10H,11H2,1-2H3. The number of hydrogen-bond acceptors (Lipinski definition) is 9. The van der Waals surface area contributed by atoms with Crippen LogP contribution in [0.25, 0.3) is 22.7 Å². The molecular weight excluding hydrogens is 392 g/mol. The summed E-state index contributed by atoms with van der Waals surface area (Å²) in [5.74, 6) is 0.465. The van der Waals surface area contributed by atoms with Crippen molar-refractivity contribution in [3.8, 4) is 22.7 Å². The lowest BCUT2D eigenvalue weighted by Gasteiger charge is -2.05. The van der Waals surface area contributed by atoms with Crippen molar-refractivity contribution in [3.05, 3.63) is 65.9 Å². The van der Waals surface area contributed by atoms with E-state index in [0.717, 1.165) is 5.56 Å². The van der Waals surface area contributed by atoms with Gasteiger partial charge < -0.3 is 13.7 Å². The van der Waals surface area contributed by atoms with E-state index < -0.39 is 5.97 Å². The molecule has 0 aliphatic rings. The lowest BCUT2D eigenvalue weighted by atomic mass is 10.1. The zero-order valence-corrected chi connectivity index (χ0v) is 16.5. The van der Waals surface area contributed by atoms with Gasteiger partial charge in [0.25, 0.3) is 11.8 Å². The summed E-state index contributed by atoms with van der Waals surface area (Å²) in [4.78, 5) is 16.5. The van der Waals surface area contributed by atoms with Gasteiger partial charge in [0.2, 0.25) is 0 Å². The van der Waals surface area contributed by atoms with Gasteiger partial charge in [-0.1, -0.05) is 35.5 Å². The molecule has 9 heteroatoms. The Morgan fingerprint density at radius 1 is 1.14 bits per heavy atom. The summed E-state index contributed by atoms with van der Waals surface area (Å²) in [5, 5.41) is 12.7. The number of benzene rings is 1. The molecule has 8 nitrogen and oxygen atoms in total. The van der Waals surface area contributed by atoms with E-state index in [1.165, 1.54) is 11.8 Å². The minimum absolute atomic E-state index is 0.153. The van der Waals surface area contributed by atoms with Gasteiger partial charge in [0.05, 0.1) is 5.56 Å². The Kier molecular flexibility index (Phi) is 5.39. The Morgan fingerprint density at radius 2 is 1.97 bits per heavy atom. The van der Waals surface area contributed by atoms with E-state index >= 15 is 0 Å². The molecule has 3 heterocycles. The number of rotatable bonds is 6. The molecule has 0 bridgehead atoms. The molecule has 4 rings (SSSR count). The van der Waals surface area contributed by atoms with Crippen molar-refractivity contribution in [2.45, 2.75) is 18.6 Å². The fourth-order valence-corrected chi connectivity index (χ4v) is 3.28. The summed E-state index contributed by atoms with van der Waals surface area (Å²) in [5.41, 5.74) is 2.47. The zero-order chi connectivity index (χ0) is 20.2. The molecule has 0 saturated carbocycles. The molecule has 0 atom stereocenters. The molecule has 0 fully saturated rings. The van der Waals surface area contributed by atoms with Crippen LogP contribution in [-0.2, 0) is 11.3 Å². The van der Waals surface area contributed by atoms with Gasteiger partial charge in [-0.25, -0.2) is 9.78 Å². The predicted octanol–water partition coefficient (Wildman–Crippen LogP) is 4.17. The van der Waals surface area contributed by atoms with Crippen LogP contribution in [-0.4, -0.2) is 32.6 Å². The molecule has 29 heavy (non-hydrogen) atoms. The second-order valence-electron chi connectivity index (χ2n) is 5.97. The molecule has 4 aromatic rings. The maximum Gasteiger partial charge on any atom is 0.341 e. The number of ether oxygens (including phenoxy) is 1. The van der Waals surface area contributed by atoms with Gasteiger partial charge in [-0.3, -0.25) is 0 Å². The molecule has 146 valence electrons. The fourth-order valence-electron chi connectivity index (χ4n) is 2.74. The normalized spacial score (nSPS) is 10.8. The van der Waals surface area contributed by atoms with Crippen LogP contribution < -0.4 is 0 Å². The van der Waals surface area contributed by atoms with Crippen LogP contribution in [0.3, 0.4) is 0 Å². The van der Waals surface area contributed by atoms with Crippen LogP contribution in [0.2, 0.25) is 0 Å². The van der Waals surface area contributed by atoms with Gasteiger partial charge in [-0.2, -0.15) is 0 Å². The van der Waals surface area contributed by atoms with Crippen LogP contribution >= 0.6 is 11.8 Å². The summed E-state index contributed by atoms with van der Waals surface area (Å²) >= 11 is 1.37. The average molecular weight is 408 g/mol. The average Bonchev–Trinajstić information content (AvgIpc) is 3.38. The van der Waals surface area contributed by atoms with Crippen LogP contribution in [0.4, 0.5) is 0 Å². The Labute approximate surface area is 170 Å². The van der Waals surface area contributed by atoms with Crippen LogP contribution in [0.15, 0.2) is 62.6 Å². The third-order valence-corrected chi connectivity index (χ3v) is 4.81. The minimum Gasteiger partial charge on any atom is -0.452 e. The van der Waals surface area contributed by atoms with E-state index in [1.807, 2.05) is 36.6 Å². The predicted molar refractivity (Wildman–Crippen MR) is 105 cm³/mol. The highest BCUT2D eigenvalue weighted by Gasteiger charge is 2.22. The summed E-state index contributed by atoms with van der Waals surface area (Å²) < 4.78 is 16.3.